The third-order valence-corrected chi connectivity index (χ3v) is 8.42. The summed E-state index contributed by atoms with van der Waals surface area (Å²) in [5.74, 6) is -1.17. The minimum atomic E-state index is -1.13. The number of carbonyl (C=O) groups excluding carboxylic acids is 2. The molecule has 0 radical (unpaired) electrons. The van der Waals surface area contributed by atoms with E-state index in [4.69, 9.17) is 16.6 Å². The molecule has 38 heavy (non-hydrogen) atoms. The average molecular weight is 525 g/mol. The first-order chi connectivity index (χ1) is 18.3. The molecule has 1 spiro atoms. The van der Waals surface area contributed by atoms with Gasteiger partial charge >= 0.3 is 0 Å². The van der Waals surface area contributed by atoms with Crippen molar-refractivity contribution in [1.29, 1.82) is 0 Å². The molecule has 8 heteroatoms. The van der Waals surface area contributed by atoms with E-state index in [2.05, 4.69) is 19.2 Å². The van der Waals surface area contributed by atoms with Crippen LogP contribution in [0.5, 0.6) is 0 Å². The van der Waals surface area contributed by atoms with Crippen LogP contribution in [0.1, 0.15) is 31.7 Å². The SMILES string of the molecule is CC(C)CC1NC2(c3ccccc3-n3c2nc2ccccc2c3=O)C2C(=O)N(c3ccc(Cl)cc3)C(=O)C12. The van der Waals surface area contributed by atoms with E-state index in [0.717, 1.165) is 5.56 Å². The van der Waals surface area contributed by atoms with E-state index >= 15 is 0 Å². The van der Waals surface area contributed by atoms with Crippen LogP contribution < -0.4 is 15.8 Å². The van der Waals surface area contributed by atoms with Crippen molar-refractivity contribution < 1.29 is 9.59 Å². The van der Waals surface area contributed by atoms with Crippen LogP contribution in [-0.2, 0) is 15.1 Å². The average Bonchev–Trinajstić information content (AvgIpc) is 3.48. The zero-order chi connectivity index (χ0) is 26.3. The van der Waals surface area contributed by atoms with Crippen molar-refractivity contribution in [3.8, 4) is 5.69 Å². The second kappa shape index (κ2) is 8.09. The normalized spacial score (nSPS) is 25.5. The number of aromatic nitrogens is 2. The molecule has 2 fully saturated rings. The van der Waals surface area contributed by atoms with Gasteiger partial charge in [0.1, 0.15) is 11.4 Å². The van der Waals surface area contributed by atoms with E-state index in [-0.39, 0.29) is 29.3 Å². The Morgan fingerprint density at radius 1 is 0.947 bits per heavy atom. The molecule has 0 bridgehead atoms. The van der Waals surface area contributed by atoms with Crippen molar-refractivity contribution in [2.45, 2.75) is 31.8 Å². The molecule has 1 N–H and O–H groups in total. The van der Waals surface area contributed by atoms with E-state index in [1.807, 2.05) is 42.5 Å². The number of benzene rings is 3. The predicted molar refractivity (Wildman–Crippen MR) is 145 cm³/mol. The second-order valence-corrected chi connectivity index (χ2v) is 11.2. The van der Waals surface area contributed by atoms with Crippen LogP contribution in [0.15, 0.2) is 77.6 Å². The van der Waals surface area contributed by atoms with Gasteiger partial charge in [0.05, 0.1) is 34.1 Å². The van der Waals surface area contributed by atoms with Gasteiger partial charge in [-0.1, -0.05) is 55.8 Å². The quantitative estimate of drug-likeness (QED) is 0.401. The molecule has 0 saturated carbocycles. The molecular formula is C30H25ClN4O3. The number of halogens is 1. The van der Waals surface area contributed by atoms with Crippen molar-refractivity contribution in [3.63, 3.8) is 0 Å². The van der Waals surface area contributed by atoms with Crippen LogP contribution in [0.25, 0.3) is 16.6 Å². The van der Waals surface area contributed by atoms with Crippen molar-refractivity contribution in [2.75, 3.05) is 4.90 Å². The molecule has 1 aromatic heterocycles. The minimum Gasteiger partial charge on any atom is -0.297 e. The summed E-state index contributed by atoms with van der Waals surface area (Å²) in [4.78, 5) is 48.6. The molecule has 3 aliphatic rings. The van der Waals surface area contributed by atoms with E-state index in [1.54, 1.807) is 34.9 Å². The Kier molecular flexibility index (Phi) is 4.97. The highest BCUT2D eigenvalue weighted by Crippen LogP contribution is 2.56. The number of para-hydroxylation sites is 2. The Labute approximate surface area is 224 Å². The van der Waals surface area contributed by atoms with Crippen LogP contribution in [0.2, 0.25) is 5.02 Å². The third-order valence-electron chi connectivity index (χ3n) is 8.17. The van der Waals surface area contributed by atoms with Gasteiger partial charge in [0.2, 0.25) is 11.8 Å². The number of amides is 2. The number of anilines is 1. The van der Waals surface area contributed by atoms with Crippen molar-refractivity contribution >= 4 is 40.0 Å². The lowest BCUT2D eigenvalue weighted by atomic mass is 9.75. The maximum atomic E-state index is 14.4. The smallest absolute Gasteiger partial charge is 0.266 e. The number of nitrogens with zero attached hydrogens (tertiary/aromatic N) is 3. The lowest BCUT2D eigenvalue weighted by Gasteiger charge is -2.32. The number of hydrogen-bond donors (Lipinski definition) is 1. The summed E-state index contributed by atoms with van der Waals surface area (Å²) < 4.78 is 1.63. The van der Waals surface area contributed by atoms with Crippen molar-refractivity contribution in [3.05, 3.63) is 99.6 Å². The first kappa shape index (κ1) is 23.3. The molecule has 2 amide bonds. The number of imide groups is 1. The van der Waals surface area contributed by atoms with Crippen molar-refractivity contribution in [1.82, 2.24) is 14.9 Å². The van der Waals surface area contributed by atoms with Crippen LogP contribution >= 0.6 is 11.6 Å². The number of nitrogens with one attached hydrogen (secondary N) is 1. The highest BCUT2D eigenvalue weighted by atomic mass is 35.5. The summed E-state index contributed by atoms with van der Waals surface area (Å²) in [6, 6.07) is 21.3. The Balaban J connectivity index is 1.52. The minimum absolute atomic E-state index is 0.188. The van der Waals surface area contributed by atoms with Gasteiger partial charge in [-0.2, -0.15) is 0 Å². The topological polar surface area (TPSA) is 84.3 Å². The van der Waals surface area contributed by atoms with E-state index in [9.17, 15) is 14.4 Å². The molecule has 0 aliphatic carbocycles. The maximum absolute atomic E-state index is 14.4. The molecule has 3 aliphatic heterocycles. The summed E-state index contributed by atoms with van der Waals surface area (Å²) in [5.41, 5.74) is 1.22. The van der Waals surface area contributed by atoms with Gasteiger partial charge in [-0.25, -0.2) is 9.88 Å². The van der Waals surface area contributed by atoms with Gasteiger partial charge in [0.25, 0.3) is 5.56 Å². The first-order valence-corrected chi connectivity index (χ1v) is 13.2. The molecule has 190 valence electrons. The lowest BCUT2D eigenvalue weighted by molar-refractivity contribution is -0.123. The molecule has 7 rings (SSSR count). The molecule has 4 unspecified atom stereocenters. The largest absolute Gasteiger partial charge is 0.297 e. The summed E-state index contributed by atoms with van der Waals surface area (Å²) in [6.07, 6.45) is 0.691. The molecule has 2 saturated heterocycles. The summed E-state index contributed by atoms with van der Waals surface area (Å²) in [7, 11) is 0. The van der Waals surface area contributed by atoms with Crippen LogP contribution in [-0.4, -0.2) is 27.4 Å². The molecule has 7 nitrogen and oxygen atoms in total. The van der Waals surface area contributed by atoms with Gasteiger partial charge in [0, 0.05) is 16.6 Å². The van der Waals surface area contributed by atoms with E-state index in [1.165, 1.54) is 4.90 Å². The zero-order valence-electron chi connectivity index (χ0n) is 20.9. The summed E-state index contributed by atoms with van der Waals surface area (Å²) in [6.45, 7) is 4.21. The highest BCUT2D eigenvalue weighted by Gasteiger charge is 2.69. The molecule has 4 heterocycles. The highest BCUT2D eigenvalue weighted by molar-refractivity contribution is 6.31. The number of hydrogen-bond acceptors (Lipinski definition) is 5. The zero-order valence-corrected chi connectivity index (χ0v) is 21.6. The van der Waals surface area contributed by atoms with Gasteiger partial charge in [-0.05, 0) is 54.8 Å². The van der Waals surface area contributed by atoms with Gasteiger partial charge in [0.15, 0.2) is 0 Å². The standard InChI is InChI=1S/C30H25ClN4O3/c1-16(2)15-22-24-25(28(38)34(27(24)37)18-13-11-17(31)12-14-18)30(33-22)20-8-4-6-10-23(20)35-26(36)19-7-3-5-9-21(19)32-29(30)35/h3-14,16,22,24-25,33H,15H2,1-2H3. The molecular weight excluding hydrogens is 500 g/mol. The maximum Gasteiger partial charge on any atom is 0.266 e. The number of rotatable bonds is 3. The fourth-order valence-electron chi connectivity index (χ4n) is 6.77. The number of fused-ring (bicyclic) bond motifs is 8. The summed E-state index contributed by atoms with van der Waals surface area (Å²) in [5, 5.41) is 4.77. The van der Waals surface area contributed by atoms with Crippen LogP contribution in [0.3, 0.4) is 0 Å². The Morgan fingerprint density at radius 3 is 2.42 bits per heavy atom. The lowest BCUT2D eigenvalue weighted by Crippen LogP contribution is -2.50. The second-order valence-electron chi connectivity index (χ2n) is 10.8. The van der Waals surface area contributed by atoms with Crippen LogP contribution in [0, 0.1) is 17.8 Å². The molecule has 3 aromatic carbocycles. The van der Waals surface area contributed by atoms with Gasteiger partial charge < -0.3 is 0 Å². The fraction of sp³-hybridized carbons (Fsp3) is 0.267. The number of carbonyl (C=O) groups is 2. The first-order valence-electron chi connectivity index (χ1n) is 12.9. The van der Waals surface area contributed by atoms with Crippen LogP contribution in [0.4, 0.5) is 5.69 Å². The Hall–Kier alpha value is -3.81. The van der Waals surface area contributed by atoms with Gasteiger partial charge in [-0.15, -0.1) is 0 Å². The third kappa shape index (κ3) is 2.94. The summed E-state index contributed by atoms with van der Waals surface area (Å²) >= 11 is 6.10. The Bertz CT molecular complexity index is 1710. The molecule has 4 aromatic rings. The van der Waals surface area contributed by atoms with Crippen molar-refractivity contribution in [2.24, 2.45) is 17.8 Å². The monoisotopic (exact) mass is 524 g/mol. The Morgan fingerprint density at radius 2 is 1.66 bits per heavy atom. The fourth-order valence-corrected chi connectivity index (χ4v) is 6.90. The predicted octanol–water partition coefficient (Wildman–Crippen LogP) is 4.42. The van der Waals surface area contributed by atoms with Gasteiger partial charge in [-0.3, -0.25) is 24.3 Å². The van der Waals surface area contributed by atoms with E-state index in [0.29, 0.717) is 39.5 Å². The molecule has 4 atom stereocenters. The van der Waals surface area contributed by atoms with E-state index < -0.39 is 17.4 Å².